The lowest BCUT2D eigenvalue weighted by atomic mass is 9.90. The van der Waals surface area contributed by atoms with Crippen LogP contribution in [0.15, 0.2) is 118 Å². The first-order chi connectivity index (χ1) is 19.7. The van der Waals surface area contributed by atoms with Gasteiger partial charge < -0.3 is 13.4 Å². The zero-order valence-electron chi connectivity index (χ0n) is 22.1. The SMILES string of the molecule is Cn1c2ccc(C3=CCCc4c3oc3ccccc43)cc2c2cc(-c3cccc4c3oc3ccccc34)ccc21. The monoisotopic (exact) mass is 515 g/mol. The van der Waals surface area contributed by atoms with E-state index in [0.717, 1.165) is 57.3 Å². The summed E-state index contributed by atoms with van der Waals surface area (Å²) in [5.74, 6) is 1.02. The lowest BCUT2D eigenvalue weighted by Crippen LogP contribution is -1.98. The molecule has 3 heterocycles. The van der Waals surface area contributed by atoms with Crippen molar-refractivity contribution in [3.63, 3.8) is 0 Å². The maximum absolute atomic E-state index is 6.42. The van der Waals surface area contributed by atoms with E-state index in [2.05, 4.69) is 103 Å². The Balaban J connectivity index is 1.25. The van der Waals surface area contributed by atoms with E-state index in [1.807, 2.05) is 18.2 Å². The van der Waals surface area contributed by atoms with Crippen LogP contribution in [-0.4, -0.2) is 4.57 Å². The molecule has 190 valence electrons. The fraction of sp³-hybridized carbons (Fsp3) is 0.0811. The molecule has 0 amide bonds. The van der Waals surface area contributed by atoms with Gasteiger partial charge in [0, 0.05) is 61.7 Å². The van der Waals surface area contributed by atoms with Crippen LogP contribution in [0.3, 0.4) is 0 Å². The maximum atomic E-state index is 6.42. The summed E-state index contributed by atoms with van der Waals surface area (Å²) in [4.78, 5) is 0. The van der Waals surface area contributed by atoms with Crippen molar-refractivity contribution >= 4 is 60.3 Å². The number of hydrogen-bond acceptors (Lipinski definition) is 2. The molecule has 0 spiro atoms. The second-order valence-electron chi connectivity index (χ2n) is 10.9. The highest BCUT2D eigenvalue weighted by atomic mass is 16.3. The van der Waals surface area contributed by atoms with Gasteiger partial charge in [0.2, 0.25) is 0 Å². The molecule has 5 aromatic carbocycles. The van der Waals surface area contributed by atoms with E-state index in [0.29, 0.717) is 0 Å². The van der Waals surface area contributed by atoms with E-state index in [9.17, 15) is 0 Å². The zero-order chi connectivity index (χ0) is 26.4. The fourth-order valence-electron chi connectivity index (χ4n) is 6.79. The van der Waals surface area contributed by atoms with Gasteiger partial charge in [-0.15, -0.1) is 0 Å². The normalized spacial score (nSPS) is 13.6. The Kier molecular flexibility index (Phi) is 4.37. The van der Waals surface area contributed by atoms with Crippen molar-refractivity contribution in [2.24, 2.45) is 7.05 Å². The summed E-state index contributed by atoms with van der Waals surface area (Å²) in [7, 11) is 2.15. The smallest absolute Gasteiger partial charge is 0.143 e. The highest BCUT2D eigenvalue weighted by molar-refractivity contribution is 6.13. The van der Waals surface area contributed by atoms with Gasteiger partial charge in [0.15, 0.2) is 0 Å². The molecule has 0 N–H and O–H groups in total. The first kappa shape index (κ1) is 21.9. The van der Waals surface area contributed by atoms with Crippen LogP contribution < -0.4 is 0 Å². The van der Waals surface area contributed by atoms with E-state index in [-0.39, 0.29) is 0 Å². The van der Waals surface area contributed by atoms with Crippen LogP contribution in [0.5, 0.6) is 0 Å². The lowest BCUT2D eigenvalue weighted by molar-refractivity contribution is 0.591. The van der Waals surface area contributed by atoms with Crippen molar-refractivity contribution in [2.45, 2.75) is 12.8 Å². The topological polar surface area (TPSA) is 31.2 Å². The van der Waals surface area contributed by atoms with Crippen LogP contribution in [0.25, 0.3) is 71.4 Å². The largest absolute Gasteiger partial charge is 0.456 e. The minimum absolute atomic E-state index is 0.923. The summed E-state index contributed by atoms with van der Waals surface area (Å²) < 4.78 is 15.1. The molecule has 0 saturated carbocycles. The van der Waals surface area contributed by atoms with Gasteiger partial charge in [-0.3, -0.25) is 0 Å². The molecule has 8 aromatic rings. The summed E-state index contributed by atoms with van der Waals surface area (Å²) in [6, 6.07) is 36.7. The summed E-state index contributed by atoms with van der Waals surface area (Å²) in [6.45, 7) is 0. The molecule has 3 aromatic heterocycles. The summed E-state index contributed by atoms with van der Waals surface area (Å²) in [6.07, 6.45) is 4.37. The van der Waals surface area contributed by atoms with Gasteiger partial charge >= 0.3 is 0 Å². The summed E-state index contributed by atoms with van der Waals surface area (Å²) in [5.41, 5.74) is 11.3. The molecule has 3 nitrogen and oxygen atoms in total. The van der Waals surface area contributed by atoms with Crippen molar-refractivity contribution in [3.05, 3.63) is 126 Å². The molecule has 0 aliphatic heterocycles. The number of aryl methyl sites for hydroxylation is 2. The Labute approximate surface area is 230 Å². The third-order valence-corrected chi connectivity index (χ3v) is 8.72. The van der Waals surface area contributed by atoms with Crippen molar-refractivity contribution in [1.29, 1.82) is 0 Å². The van der Waals surface area contributed by atoms with Crippen molar-refractivity contribution in [2.75, 3.05) is 0 Å². The van der Waals surface area contributed by atoms with E-state index < -0.39 is 0 Å². The number of hydrogen-bond donors (Lipinski definition) is 0. The van der Waals surface area contributed by atoms with Crippen molar-refractivity contribution in [1.82, 2.24) is 4.57 Å². The molecule has 1 aliphatic carbocycles. The van der Waals surface area contributed by atoms with Crippen LogP contribution >= 0.6 is 0 Å². The molecule has 9 rings (SSSR count). The van der Waals surface area contributed by atoms with Gasteiger partial charge in [0.05, 0.1) is 0 Å². The van der Waals surface area contributed by atoms with Crippen LogP contribution in [0.1, 0.15) is 23.3 Å². The van der Waals surface area contributed by atoms with E-state index in [4.69, 9.17) is 8.83 Å². The summed E-state index contributed by atoms with van der Waals surface area (Å²) in [5, 5.41) is 6.03. The number of furan rings is 2. The number of para-hydroxylation sites is 3. The average molecular weight is 516 g/mol. The van der Waals surface area contributed by atoms with E-state index in [1.165, 1.54) is 43.9 Å². The van der Waals surface area contributed by atoms with Crippen LogP contribution in [0, 0.1) is 0 Å². The first-order valence-electron chi connectivity index (χ1n) is 13.9. The van der Waals surface area contributed by atoms with Crippen molar-refractivity contribution in [3.8, 4) is 11.1 Å². The maximum Gasteiger partial charge on any atom is 0.143 e. The second kappa shape index (κ2) is 8.00. The standard InChI is InChI=1S/C37H25NO2/c1-38-32-18-16-22(24-10-6-12-28-26-8-2-4-14-34(26)39-36(24)28)20-30(32)31-21-23(17-19-33(31)38)25-11-7-13-29-27-9-3-5-15-35(27)40-37(25)29/h2-6,8-12,14-21H,7,13H2,1H3. The van der Waals surface area contributed by atoms with Crippen molar-refractivity contribution < 1.29 is 8.83 Å². The minimum atomic E-state index is 0.923. The number of aromatic nitrogens is 1. The Bertz CT molecular complexity index is 2340. The Morgan fingerprint density at radius 3 is 2.10 bits per heavy atom. The zero-order valence-corrected chi connectivity index (χ0v) is 22.1. The quantitative estimate of drug-likeness (QED) is 0.229. The predicted octanol–water partition coefficient (Wildman–Crippen LogP) is 10.0. The molecule has 1 aliphatic rings. The van der Waals surface area contributed by atoms with Gasteiger partial charge in [-0.05, 0) is 60.4 Å². The minimum Gasteiger partial charge on any atom is -0.456 e. The Morgan fingerprint density at radius 1 is 0.600 bits per heavy atom. The Hall–Kier alpha value is -5.02. The van der Waals surface area contributed by atoms with Gasteiger partial charge in [-0.1, -0.05) is 72.8 Å². The molecule has 0 radical (unpaired) electrons. The third-order valence-electron chi connectivity index (χ3n) is 8.72. The first-order valence-corrected chi connectivity index (χ1v) is 13.9. The van der Waals surface area contributed by atoms with Gasteiger partial charge in [0.25, 0.3) is 0 Å². The molecule has 0 fully saturated rings. The molecule has 0 bridgehead atoms. The number of benzene rings is 5. The molecular weight excluding hydrogens is 490 g/mol. The third kappa shape index (κ3) is 2.95. The summed E-state index contributed by atoms with van der Waals surface area (Å²) >= 11 is 0. The fourth-order valence-corrected chi connectivity index (χ4v) is 6.79. The number of fused-ring (bicyclic) bond motifs is 9. The highest BCUT2D eigenvalue weighted by Gasteiger charge is 2.22. The van der Waals surface area contributed by atoms with Crippen LogP contribution in [0.4, 0.5) is 0 Å². The predicted molar refractivity (Wildman–Crippen MR) is 165 cm³/mol. The number of nitrogens with zero attached hydrogens (tertiary/aromatic N) is 1. The van der Waals surface area contributed by atoms with E-state index in [1.54, 1.807) is 0 Å². The molecule has 40 heavy (non-hydrogen) atoms. The van der Waals surface area contributed by atoms with Crippen LogP contribution in [0.2, 0.25) is 0 Å². The number of rotatable bonds is 2. The number of allylic oxidation sites excluding steroid dienone is 1. The van der Waals surface area contributed by atoms with Gasteiger partial charge in [0.1, 0.15) is 22.5 Å². The molecular formula is C37H25NO2. The second-order valence-corrected chi connectivity index (χ2v) is 10.9. The molecule has 3 heteroatoms. The Morgan fingerprint density at radius 2 is 1.27 bits per heavy atom. The highest BCUT2D eigenvalue weighted by Crippen LogP contribution is 2.41. The molecule has 0 saturated heterocycles. The van der Waals surface area contributed by atoms with Gasteiger partial charge in [-0.25, -0.2) is 0 Å². The van der Waals surface area contributed by atoms with Gasteiger partial charge in [-0.2, -0.15) is 0 Å². The molecule has 0 atom stereocenters. The molecule has 0 unspecified atom stereocenters. The van der Waals surface area contributed by atoms with Crippen LogP contribution in [-0.2, 0) is 13.5 Å². The average Bonchev–Trinajstić information content (AvgIpc) is 3.66. The lowest BCUT2D eigenvalue weighted by Gasteiger charge is -2.13. The van der Waals surface area contributed by atoms with E-state index >= 15 is 0 Å².